The Morgan fingerprint density at radius 1 is 0.481 bits per heavy atom. The molecule has 0 atom stereocenters. The number of hydrogen-bond donors (Lipinski definition) is 0. The van der Waals surface area contributed by atoms with Gasteiger partial charge in [0.1, 0.15) is 5.82 Å². The predicted molar refractivity (Wildman–Crippen MR) is 120 cm³/mol. The van der Waals surface area contributed by atoms with E-state index in [1.54, 1.807) is 22.7 Å². The highest BCUT2D eigenvalue weighted by molar-refractivity contribution is 7.28. The molecule has 0 saturated heterocycles. The second-order valence-corrected chi connectivity index (χ2v) is 10.2. The smallest absolute Gasteiger partial charge is 0.123 e. The zero-order chi connectivity index (χ0) is 18.2. The predicted octanol–water partition coefficient (Wildman–Crippen LogP) is 8.74. The van der Waals surface area contributed by atoms with Crippen molar-refractivity contribution < 1.29 is 4.39 Å². The molecular formula is C22H13FS4. The molecule has 5 rings (SSSR count). The number of hydrogen-bond acceptors (Lipinski definition) is 4. The molecule has 0 amide bonds. The normalized spacial score (nSPS) is 11.1. The molecule has 27 heavy (non-hydrogen) atoms. The van der Waals surface area contributed by atoms with Gasteiger partial charge >= 0.3 is 0 Å². The molecule has 0 nitrogen and oxygen atoms in total. The van der Waals surface area contributed by atoms with Crippen molar-refractivity contribution in [3.05, 3.63) is 84.0 Å². The average Bonchev–Trinajstić information content (AvgIpc) is 3.49. The van der Waals surface area contributed by atoms with Crippen LogP contribution in [0.4, 0.5) is 4.39 Å². The Bertz CT molecular complexity index is 1170. The molecule has 0 N–H and O–H groups in total. The second-order valence-electron chi connectivity index (χ2n) is 5.98. The molecule has 0 aliphatic heterocycles. The van der Waals surface area contributed by atoms with E-state index >= 15 is 0 Å². The molecule has 1 aromatic carbocycles. The summed E-state index contributed by atoms with van der Waals surface area (Å²) in [4.78, 5) is 8.94. The Hall–Kier alpha value is -2.05. The van der Waals surface area contributed by atoms with Gasteiger partial charge in [-0.1, -0.05) is 18.2 Å². The minimum atomic E-state index is -0.198. The van der Waals surface area contributed by atoms with E-state index in [2.05, 4.69) is 53.9 Å². The van der Waals surface area contributed by atoms with Gasteiger partial charge < -0.3 is 0 Å². The van der Waals surface area contributed by atoms with Gasteiger partial charge in [0, 0.05) is 34.1 Å². The van der Waals surface area contributed by atoms with Crippen molar-refractivity contribution in [2.75, 3.05) is 0 Å². The lowest BCUT2D eigenvalue weighted by molar-refractivity contribution is 0.628. The van der Waals surface area contributed by atoms with Crippen LogP contribution < -0.4 is 0 Å². The number of rotatable bonds is 4. The van der Waals surface area contributed by atoms with Gasteiger partial charge in [0.2, 0.25) is 0 Å². The van der Waals surface area contributed by atoms with Crippen LogP contribution in [0.5, 0.6) is 0 Å². The van der Waals surface area contributed by atoms with Crippen LogP contribution in [0.25, 0.3) is 39.7 Å². The van der Waals surface area contributed by atoms with E-state index in [-0.39, 0.29) is 5.82 Å². The van der Waals surface area contributed by atoms with Crippen LogP contribution in [0.2, 0.25) is 0 Å². The van der Waals surface area contributed by atoms with E-state index in [1.165, 1.54) is 41.4 Å². The summed E-state index contributed by atoms with van der Waals surface area (Å²) < 4.78 is 13.1. The molecule has 0 aliphatic carbocycles. The third-order valence-corrected chi connectivity index (χ3v) is 8.96. The monoisotopic (exact) mass is 424 g/mol. The van der Waals surface area contributed by atoms with Crippen molar-refractivity contribution in [3.63, 3.8) is 0 Å². The molecule has 0 bridgehead atoms. The summed E-state index contributed by atoms with van der Waals surface area (Å²) >= 11 is 7.20. The summed E-state index contributed by atoms with van der Waals surface area (Å²) in [5.74, 6) is -0.198. The van der Waals surface area contributed by atoms with Crippen molar-refractivity contribution >= 4 is 45.3 Å². The molecule has 0 unspecified atom stereocenters. The fourth-order valence-corrected chi connectivity index (χ4v) is 6.90. The van der Waals surface area contributed by atoms with E-state index in [1.807, 2.05) is 34.8 Å². The van der Waals surface area contributed by atoms with Crippen LogP contribution >= 0.6 is 45.3 Å². The minimum Gasteiger partial charge on any atom is -0.207 e. The summed E-state index contributed by atoms with van der Waals surface area (Å²) in [6.07, 6.45) is 0. The number of halogens is 1. The summed E-state index contributed by atoms with van der Waals surface area (Å²) in [6, 6.07) is 24.1. The van der Waals surface area contributed by atoms with Gasteiger partial charge in [-0.3, -0.25) is 0 Å². The fraction of sp³-hybridized carbons (Fsp3) is 0. The van der Waals surface area contributed by atoms with Gasteiger partial charge in [-0.25, -0.2) is 4.39 Å². The lowest BCUT2D eigenvalue weighted by Gasteiger charge is -1.96. The highest BCUT2D eigenvalue weighted by Gasteiger charge is 2.11. The Labute approximate surface area is 172 Å². The first-order chi connectivity index (χ1) is 13.3. The highest BCUT2D eigenvalue weighted by atomic mass is 32.1. The SMILES string of the molecule is Fc1ccc(-c2ccc(-c3ccc(-c4ccc(-c5cccs5)s4)s3)s2)cc1. The Balaban J connectivity index is 1.42. The molecule has 4 heterocycles. The van der Waals surface area contributed by atoms with Crippen molar-refractivity contribution in [1.29, 1.82) is 0 Å². The summed E-state index contributed by atoms with van der Waals surface area (Å²) in [6.45, 7) is 0. The van der Waals surface area contributed by atoms with Crippen LogP contribution in [-0.2, 0) is 0 Å². The first-order valence-corrected chi connectivity index (χ1v) is 11.7. The van der Waals surface area contributed by atoms with Crippen LogP contribution in [-0.4, -0.2) is 0 Å². The van der Waals surface area contributed by atoms with Crippen LogP contribution in [0.15, 0.2) is 78.2 Å². The van der Waals surface area contributed by atoms with Gasteiger partial charge in [-0.05, 0) is 65.5 Å². The van der Waals surface area contributed by atoms with Gasteiger partial charge in [0.15, 0.2) is 0 Å². The van der Waals surface area contributed by atoms with E-state index in [9.17, 15) is 4.39 Å². The molecule has 132 valence electrons. The van der Waals surface area contributed by atoms with E-state index in [0.717, 1.165) is 10.4 Å². The Morgan fingerprint density at radius 3 is 1.48 bits per heavy atom. The maximum atomic E-state index is 13.1. The molecule has 0 radical (unpaired) electrons. The average molecular weight is 425 g/mol. The van der Waals surface area contributed by atoms with Crippen molar-refractivity contribution in [2.45, 2.75) is 0 Å². The van der Waals surface area contributed by atoms with Crippen LogP contribution in [0.3, 0.4) is 0 Å². The van der Waals surface area contributed by atoms with Gasteiger partial charge in [0.25, 0.3) is 0 Å². The van der Waals surface area contributed by atoms with Gasteiger partial charge in [-0.15, -0.1) is 45.3 Å². The summed E-state index contributed by atoms with van der Waals surface area (Å²) in [7, 11) is 0. The van der Waals surface area contributed by atoms with Crippen LogP contribution in [0, 0.1) is 5.82 Å². The fourth-order valence-electron chi connectivity index (χ4n) is 2.86. The number of thiophene rings is 4. The molecule has 0 fully saturated rings. The molecule has 0 aliphatic rings. The van der Waals surface area contributed by atoms with Crippen molar-refractivity contribution in [1.82, 2.24) is 0 Å². The second kappa shape index (κ2) is 7.17. The lowest BCUT2D eigenvalue weighted by Crippen LogP contribution is -1.73. The maximum absolute atomic E-state index is 13.1. The molecule has 5 heteroatoms. The highest BCUT2D eigenvalue weighted by Crippen LogP contribution is 2.43. The van der Waals surface area contributed by atoms with Crippen molar-refractivity contribution in [2.24, 2.45) is 0 Å². The standard InChI is InChI=1S/C22H13FS4/c23-15-5-3-14(4-6-15)16-7-8-19(25-16)20-11-12-22(27-20)21-10-9-18(26-21)17-2-1-13-24-17/h1-13H. The third kappa shape index (κ3) is 3.44. The van der Waals surface area contributed by atoms with Gasteiger partial charge in [0.05, 0.1) is 0 Å². The van der Waals surface area contributed by atoms with E-state index < -0.39 is 0 Å². The first-order valence-electron chi connectivity index (χ1n) is 8.36. The maximum Gasteiger partial charge on any atom is 0.123 e. The van der Waals surface area contributed by atoms with E-state index in [0.29, 0.717) is 0 Å². The summed E-state index contributed by atoms with van der Waals surface area (Å²) in [5.41, 5.74) is 1.06. The summed E-state index contributed by atoms with van der Waals surface area (Å²) in [5, 5.41) is 2.12. The molecule has 0 saturated carbocycles. The Morgan fingerprint density at radius 2 is 0.963 bits per heavy atom. The topological polar surface area (TPSA) is 0 Å². The zero-order valence-electron chi connectivity index (χ0n) is 14.0. The third-order valence-electron chi connectivity index (χ3n) is 4.20. The minimum absolute atomic E-state index is 0.198. The number of benzene rings is 1. The lowest BCUT2D eigenvalue weighted by atomic mass is 10.2. The van der Waals surface area contributed by atoms with Gasteiger partial charge in [-0.2, -0.15) is 0 Å². The quantitative estimate of drug-likeness (QED) is 0.270. The first kappa shape index (κ1) is 17.1. The van der Waals surface area contributed by atoms with E-state index in [4.69, 9.17) is 0 Å². The largest absolute Gasteiger partial charge is 0.207 e. The molecule has 4 aromatic heterocycles. The molecule has 0 spiro atoms. The Kier molecular flexibility index (Phi) is 4.53. The zero-order valence-corrected chi connectivity index (χ0v) is 17.3. The molecular weight excluding hydrogens is 412 g/mol. The van der Waals surface area contributed by atoms with Crippen LogP contribution in [0.1, 0.15) is 0 Å². The molecule has 5 aromatic rings. The van der Waals surface area contributed by atoms with Crippen molar-refractivity contribution in [3.8, 4) is 39.7 Å².